The molecule has 1 aromatic heterocycles. The number of ether oxygens (including phenoxy) is 1. The molecule has 1 aromatic rings. The average Bonchev–Trinajstić information content (AvgIpc) is 2.35. The molecule has 0 fully saturated rings. The lowest BCUT2D eigenvalue weighted by atomic mass is 9.91. The van der Waals surface area contributed by atoms with Gasteiger partial charge in [0.25, 0.3) is 0 Å². The lowest BCUT2D eigenvalue weighted by Gasteiger charge is -2.21. The fourth-order valence-corrected chi connectivity index (χ4v) is 1.56. The van der Waals surface area contributed by atoms with Gasteiger partial charge in [0.05, 0.1) is 5.69 Å². The molecule has 21 heavy (non-hydrogen) atoms. The number of rotatable bonds is 6. The van der Waals surface area contributed by atoms with Crippen LogP contribution in [0.1, 0.15) is 32.0 Å². The molecule has 0 saturated carbocycles. The summed E-state index contributed by atoms with van der Waals surface area (Å²) in [7, 11) is 1.74. The molecule has 0 spiro atoms. The second kappa shape index (κ2) is 6.60. The molecule has 0 aliphatic rings. The zero-order valence-electron chi connectivity index (χ0n) is 12.5. The summed E-state index contributed by atoms with van der Waals surface area (Å²) in [4.78, 5) is 4.12. The van der Waals surface area contributed by atoms with Crippen LogP contribution >= 0.6 is 0 Å². The minimum absolute atomic E-state index is 0.0759. The second-order valence-corrected chi connectivity index (χ2v) is 5.83. The van der Waals surface area contributed by atoms with E-state index in [1.807, 2.05) is 26.8 Å². The molecule has 120 valence electrons. The van der Waals surface area contributed by atoms with Gasteiger partial charge in [0.2, 0.25) is 5.88 Å². The van der Waals surface area contributed by atoms with Crippen molar-refractivity contribution in [2.75, 3.05) is 13.7 Å². The number of hydrogen-bond donors (Lipinski definition) is 1. The first-order chi connectivity index (χ1) is 9.56. The van der Waals surface area contributed by atoms with Crippen LogP contribution in [0.15, 0.2) is 12.1 Å². The summed E-state index contributed by atoms with van der Waals surface area (Å²) in [5, 5.41) is 2.93. The molecule has 0 amide bonds. The van der Waals surface area contributed by atoms with Crippen LogP contribution in [-0.4, -0.2) is 31.0 Å². The Morgan fingerprint density at radius 1 is 1.24 bits per heavy atom. The van der Waals surface area contributed by atoms with Crippen LogP contribution in [-0.2, 0) is 12.0 Å². The van der Waals surface area contributed by atoms with Gasteiger partial charge in [0, 0.05) is 18.0 Å². The van der Waals surface area contributed by atoms with Crippen LogP contribution in [0.5, 0.6) is 5.88 Å². The lowest BCUT2D eigenvalue weighted by molar-refractivity contribution is -0.148. The van der Waals surface area contributed by atoms with Crippen LogP contribution < -0.4 is 10.1 Å². The van der Waals surface area contributed by atoms with Crippen LogP contribution in [0.25, 0.3) is 0 Å². The number of nitrogens with zero attached hydrogens (tertiary/aromatic N) is 1. The summed E-state index contributed by atoms with van der Waals surface area (Å²) in [6.07, 6.45) is -3.76. The quantitative estimate of drug-likeness (QED) is 0.818. The highest BCUT2D eigenvalue weighted by atomic mass is 19.3. The maximum absolute atomic E-state index is 12.9. The van der Waals surface area contributed by atoms with Crippen LogP contribution in [0.2, 0.25) is 0 Å². The molecule has 0 aliphatic heterocycles. The standard InChI is InChI=1S/C14H20F4N2O/c1-13(2,3)10-5-9(7-19-4)6-11(20-10)21-8-14(17,18)12(15)16/h5-6,12,19H,7-8H2,1-4H3. The van der Waals surface area contributed by atoms with Gasteiger partial charge < -0.3 is 10.1 Å². The third kappa shape index (κ3) is 5.15. The van der Waals surface area contributed by atoms with Crippen LogP contribution in [0.3, 0.4) is 0 Å². The summed E-state index contributed by atoms with van der Waals surface area (Å²) in [6, 6.07) is 3.29. The van der Waals surface area contributed by atoms with Crippen molar-refractivity contribution in [3.05, 3.63) is 23.4 Å². The van der Waals surface area contributed by atoms with Crippen LogP contribution in [0.4, 0.5) is 17.6 Å². The number of pyridine rings is 1. The SMILES string of the molecule is CNCc1cc(OCC(F)(F)C(F)F)nc(C(C)(C)C)c1. The molecule has 3 nitrogen and oxygen atoms in total. The number of nitrogens with one attached hydrogen (secondary N) is 1. The van der Waals surface area contributed by atoms with E-state index in [2.05, 4.69) is 10.3 Å². The normalized spacial score (nSPS) is 12.8. The molecule has 0 radical (unpaired) electrons. The molecule has 0 atom stereocenters. The van der Waals surface area contributed by atoms with Gasteiger partial charge in [-0.3, -0.25) is 0 Å². The van der Waals surface area contributed by atoms with Gasteiger partial charge in [-0.25, -0.2) is 13.8 Å². The lowest BCUT2D eigenvalue weighted by Crippen LogP contribution is -2.34. The number of aromatic nitrogens is 1. The largest absolute Gasteiger partial charge is 0.471 e. The highest BCUT2D eigenvalue weighted by molar-refractivity contribution is 5.28. The van der Waals surface area contributed by atoms with Crippen molar-refractivity contribution < 1.29 is 22.3 Å². The van der Waals surface area contributed by atoms with Crippen molar-refractivity contribution in [1.29, 1.82) is 0 Å². The molecule has 0 saturated heterocycles. The number of hydrogen-bond acceptors (Lipinski definition) is 3. The van der Waals surface area contributed by atoms with Crippen molar-refractivity contribution in [3.63, 3.8) is 0 Å². The van der Waals surface area contributed by atoms with Gasteiger partial charge in [0.15, 0.2) is 6.61 Å². The van der Waals surface area contributed by atoms with Crippen molar-refractivity contribution >= 4 is 0 Å². The fraction of sp³-hybridized carbons (Fsp3) is 0.643. The summed E-state index contributed by atoms with van der Waals surface area (Å²) in [5.41, 5.74) is 1.12. The highest BCUT2D eigenvalue weighted by Crippen LogP contribution is 2.27. The maximum Gasteiger partial charge on any atom is 0.340 e. The van der Waals surface area contributed by atoms with E-state index >= 15 is 0 Å². The molecule has 0 unspecified atom stereocenters. The smallest absolute Gasteiger partial charge is 0.340 e. The zero-order chi connectivity index (χ0) is 16.3. The van der Waals surface area contributed by atoms with Gasteiger partial charge in [-0.05, 0) is 18.7 Å². The first-order valence-electron chi connectivity index (χ1n) is 6.51. The highest BCUT2D eigenvalue weighted by Gasteiger charge is 2.41. The minimum atomic E-state index is -4.19. The second-order valence-electron chi connectivity index (χ2n) is 5.83. The molecule has 1 rings (SSSR count). The predicted octanol–water partition coefficient (Wildman–Crippen LogP) is 3.38. The van der Waals surface area contributed by atoms with E-state index in [-0.39, 0.29) is 11.3 Å². The van der Waals surface area contributed by atoms with E-state index in [0.29, 0.717) is 12.2 Å². The zero-order valence-corrected chi connectivity index (χ0v) is 12.5. The van der Waals surface area contributed by atoms with Crippen molar-refractivity contribution in [2.45, 2.75) is 45.1 Å². The number of alkyl halides is 4. The van der Waals surface area contributed by atoms with Crippen molar-refractivity contribution in [3.8, 4) is 5.88 Å². The van der Waals surface area contributed by atoms with Gasteiger partial charge >= 0.3 is 12.3 Å². The molecule has 1 heterocycles. The van der Waals surface area contributed by atoms with E-state index in [1.54, 1.807) is 7.05 Å². The van der Waals surface area contributed by atoms with E-state index in [9.17, 15) is 17.6 Å². The van der Waals surface area contributed by atoms with Gasteiger partial charge in [0.1, 0.15) is 0 Å². The topological polar surface area (TPSA) is 34.1 Å². The Bertz CT molecular complexity index is 473. The van der Waals surface area contributed by atoms with Crippen LogP contribution in [0, 0.1) is 0 Å². The van der Waals surface area contributed by atoms with Gasteiger partial charge in [-0.15, -0.1) is 0 Å². The average molecular weight is 308 g/mol. The van der Waals surface area contributed by atoms with Crippen molar-refractivity contribution in [2.24, 2.45) is 0 Å². The summed E-state index contributed by atoms with van der Waals surface area (Å²) in [5.74, 6) is -4.27. The molecule has 7 heteroatoms. The Balaban J connectivity index is 2.98. The Labute approximate surface area is 121 Å². The Hall–Kier alpha value is -1.37. The number of halogens is 4. The van der Waals surface area contributed by atoms with E-state index < -0.39 is 19.0 Å². The first kappa shape index (κ1) is 17.7. The first-order valence-corrected chi connectivity index (χ1v) is 6.51. The third-order valence-electron chi connectivity index (χ3n) is 2.74. The summed E-state index contributed by atoms with van der Waals surface area (Å²) >= 11 is 0. The molecule has 0 bridgehead atoms. The summed E-state index contributed by atoms with van der Waals surface area (Å²) < 4.78 is 54.8. The van der Waals surface area contributed by atoms with Gasteiger partial charge in [-0.2, -0.15) is 8.78 Å². The minimum Gasteiger partial charge on any atom is -0.471 e. The molecule has 0 aromatic carbocycles. The van der Waals surface area contributed by atoms with E-state index in [4.69, 9.17) is 4.74 Å². The summed E-state index contributed by atoms with van der Waals surface area (Å²) in [6.45, 7) is 4.83. The maximum atomic E-state index is 12.9. The Morgan fingerprint density at radius 2 is 1.86 bits per heavy atom. The Morgan fingerprint density at radius 3 is 2.33 bits per heavy atom. The fourth-order valence-electron chi connectivity index (χ4n) is 1.56. The molecular weight excluding hydrogens is 288 g/mol. The monoisotopic (exact) mass is 308 g/mol. The molecule has 0 aliphatic carbocycles. The molecule has 1 N–H and O–H groups in total. The van der Waals surface area contributed by atoms with Crippen molar-refractivity contribution in [1.82, 2.24) is 10.3 Å². The van der Waals surface area contributed by atoms with E-state index in [0.717, 1.165) is 5.56 Å². The Kier molecular flexibility index (Phi) is 5.55. The van der Waals surface area contributed by atoms with Gasteiger partial charge in [-0.1, -0.05) is 20.8 Å². The predicted molar refractivity (Wildman–Crippen MR) is 72.1 cm³/mol. The molecular formula is C14H20F4N2O. The third-order valence-corrected chi connectivity index (χ3v) is 2.74. The van der Waals surface area contributed by atoms with E-state index in [1.165, 1.54) is 6.07 Å².